The third-order valence-corrected chi connectivity index (χ3v) is 3.38. The van der Waals surface area contributed by atoms with Crippen molar-refractivity contribution >= 4 is 6.09 Å². The van der Waals surface area contributed by atoms with Crippen molar-refractivity contribution in [1.29, 1.82) is 0 Å². The van der Waals surface area contributed by atoms with E-state index in [1.54, 1.807) is 13.2 Å². The van der Waals surface area contributed by atoms with Crippen LogP contribution in [0.25, 0.3) is 0 Å². The van der Waals surface area contributed by atoms with Gasteiger partial charge in [-0.3, -0.25) is 0 Å². The first-order valence-corrected chi connectivity index (χ1v) is 6.99. The number of aryl methyl sites for hydroxylation is 1. The average Bonchev–Trinajstić information content (AvgIpc) is 2.31. The number of methoxy groups -OCH3 is 1. The molecule has 1 fully saturated rings. The number of nitrogens with zero attached hydrogens (tertiary/aromatic N) is 1. The van der Waals surface area contributed by atoms with Crippen molar-refractivity contribution in [3.63, 3.8) is 0 Å². The molecule has 0 spiro atoms. The Morgan fingerprint density at radius 2 is 1.90 bits per heavy atom. The van der Waals surface area contributed by atoms with Gasteiger partial charge in [0.15, 0.2) is 0 Å². The van der Waals surface area contributed by atoms with Crippen LogP contribution in [0.5, 0.6) is 5.75 Å². The summed E-state index contributed by atoms with van der Waals surface area (Å²) >= 11 is 0. The summed E-state index contributed by atoms with van der Waals surface area (Å²) in [7, 11) is 1.59. The van der Waals surface area contributed by atoms with E-state index < -0.39 is 17.3 Å². The Bertz CT molecular complexity index is 542. The molecule has 0 saturated carbocycles. The average molecular weight is 293 g/mol. The third-order valence-electron chi connectivity index (χ3n) is 3.38. The molecule has 0 bridgehead atoms. The third kappa shape index (κ3) is 3.47. The van der Waals surface area contributed by atoms with Crippen molar-refractivity contribution in [2.24, 2.45) is 0 Å². The molecular weight excluding hydrogens is 270 g/mol. The lowest BCUT2D eigenvalue weighted by molar-refractivity contribution is -0.103. The predicted molar refractivity (Wildman–Crippen MR) is 79.4 cm³/mol. The molecule has 1 amide bonds. The number of carbonyl (C=O) groups is 1. The number of β-amino-alcohol motifs (C(OH)–C–C–N with tert-alkyl or cyclic N) is 1. The topological polar surface area (TPSA) is 59.0 Å². The van der Waals surface area contributed by atoms with E-state index in [1.165, 1.54) is 4.90 Å². The van der Waals surface area contributed by atoms with E-state index in [0.717, 1.165) is 11.1 Å². The Kier molecular flexibility index (Phi) is 3.89. The first kappa shape index (κ1) is 15.6. The van der Waals surface area contributed by atoms with Gasteiger partial charge in [0.05, 0.1) is 20.2 Å². The van der Waals surface area contributed by atoms with Gasteiger partial charge < -0.3 is 19.5 Å². The molecule has 1 saturated heterocycles. The number of amides is 1. The summed E-state index contributed by atoms with van der Waals surface area (Å²) in [5.41, 5.74) is 0.209. The van der Waals surface area contributed by atoms with E-state index in [0.29, 0.717) is 5.75 Å². The van der Waals surface area contributed by atoms with E-state index in [2.05, 4.69) is 0 Å². The van der Waals surface area contributed by atoms with Crippen LogP contribution in [0.2, 0.25) is 0 Å². The first-order chi connectivity index (χ1) is 9.63. The van der Waals surface area contributed by atoms with Crippen LogP contribution < -0.4 is 4.74 Å². The van der Waals surface area contributed by atoms with Crippen LogP contribution in [0.15, 0.2) is 18.2 Å². The van der Waals surface area contributed by atoms with Crippen molar-refractivity contribution in [2.75, 3.05) is 20.2 Å². The number of carbonyl (C=O) groups excluding carboxylic acids is 1. The number of hydrogen-bond donors (Lipinski definition) is 1. The molecule has 1 aliphatic heterocycles. The standard InChI is InChI=1S/C16H23NO4/c1-11-6-12(8-13(7-11)20-5)16(19)9-17(10-16)14(18)21-15(2,3)4/h6-8,19H,9-10H2,1-5H3. The fourth-order valence-electron chi connectivity index (χ4n) is 2.36. The molecule has 1 aromatic carbocycles. The highest BCUT2D eigenvalue weighted by Crippen LogP contribution is 2.35. The molecule has 0 atom stereocenters. The SMILES string of the molecule is COc1cc(C)cc(C2(O)CN(C(=O)OC(C)(C)C)C2)c1. The Hall–Kier alpha value is -1.75. The highest BCUT2D eigenvalue weighted by Gasteiger charge is 2.46. The highest BCUT2D eigenvalue weighted by atomic mass is 16.6. The Labute approximate surface area is 125 Å². The van der Waals surface area contributed by atoms with E-state index >= 15 is 0 Å². The summed E-state index contributed by atoms with van der Waals surface area (Å²) in [5.74, 6) is 0.703. The van der Waals surface area contributed by atoms with Gasteiger partial charge in [0, 0.05) is 0 Å². The van der Waals surface area contributed by atoms with Crippen molar-refractivity contribution in [2.45, 2.75) is 38.9 Å². The maximum absolute atomic E-state index is 11.9. The van der Waals surface area contributed by atoms with Crippen molar-refractivity contribution < 1.29 is 19.4 Å². The van der Waals surface area contributed by atoms with Crippen molar-refractivity contribution in [3.8, 4) is 5.75 Å². The van der Waals surface area contributed by atoms with E-state index in [1.807, 2.05) is 39.8 Å². The smallest absolute Gasteiger partial charge is 0.410 e. The quantitative estimate of drug-likeness (QED) is 0.910. The van der Waals surface area contributed by atoms with E-state index in [-0.39, 0.29) is 13.1 Å². The van der Waals surface area contributed by atoms with Crippen LogP contribution in [-0.2, 0) is 10.3 Å². The summed E-state index contributed by atoms with van der Waals surface area (Å²) < 4.78 is 10.5. The van der Waals surface area contributed by atoms with Gasteiger partial charge in [-0.2, -0.15) is 0 Å². The van der Waals surface area contributed by atoms with Crippen LogP contribution in [0.4, 0.5) is 4.79 Å². The monoisotopic (exact) mass is 293 g/mol. The number of aliphatic hydroxyl groups is 1. The fraction of sp³-hybridized carbons (Fsp3) is 0.562. The number of rotatable bonds is 2. The summed E-state index contributed by atoms with van der Waals surface area (Å²) in [6.45, 7) is 7.87. The minimum atomic E-state index is -1.03. The second-order valence-corrected chi connectivity index (χ2v) is 6.61. The molecule has 0 radical (unpaired) electrons. The molecule has 21 heavy (non-hydrogen) atoms. The van der Waals surface area contributed by atoms with Crippen LogP contribution in [0.3, 0.4) is 0 Å². The lowest BCUT2D eigenvalue weighted by atomic mass is 9.85. The maximum Gasteiger partial charge on any atom is 0.410 e. The second-order valence-electron chi connectivity index (χ2n) is 6.61. The van der Waals surface area contributed by atoms with Gasteiger partial charge in [0.1, 0.15) is 17.0 Å². The molecule has 1 aromatic rings. The summed E-state index contributed by atoms with van der Waals surface area (Å²) in [6.07, 6.45) is -0.396. The predicted octanol–water partition coefficient (Wildman–Crippen LogP) is 2.44. The maximum atomic E-state index is 11.9. The molecule has 0 unspecified atom stereocenters. The summed E-state index contributed by atoms with van der Waals surface area (Å²) in [6, 6.07) is 5.62. The zero-order valence-corrected chi connectivity index (χ0v) is 13.3. The lowest BCUT2D eigenvalue weighted by Crippen LogP contribution is -2.61. The number of hydrogen-bond acceptors (Lipinski definition) is 4. The minimum absolute atomic E-state index is 0.231. The molecule has 0 aromatic heterocycles. The zero-order valence-electron chi connectivity index (χ0n) is 13.3. The van der Waals surface area contributed by atoms with Gasteiger partial charge in [0.25, 0.3) is 0 Å². The molecule has 1 N–H and O–H groups in total. The lowest BCUT2D eigenvalue weighted by Gasteiger charge is -2.46. The molecule has 5 heteroatoms. The number of ether oxygens (including phenoxy) is 2. The normalized spacial score (nSPS) is 17.1. The van der Waals surface area contributed by atoms with Gasteiger partial charge >= 0.3 is 6.09 Å². The fourth-order valence-corrected chi connectivity index (χ4v) is 2.36. The minimum Gasteiger partial charge on any atom is -0.497 e. The molecular formula is C16H23NO4. The van der Waals surface area contributed by atoms with Gasteiger partial charge in [-0.1, -0.05) is 6.07 Å². The van der Waals surface area contributed by atoms with Gasteiger partial charge in [-0.25, -0.2) is 4.79 Å². The molecule has 0 aliphatic carbocycles. The van der Waals surface area contributed by atoms with Gasteiger partial charge in [-0.05, 0) is 51.0 Å². The largest absolute Gasteiger partial charge is 0.497 e. The van der Waals surface area contributed by atoms with Crippen LogP contribution in [-0.4, -0.2) is 41.9 Å². The Morgan fingerprint density at radius 1 is 1.29 bits per heavy atom. The van der Waals surface area contributed by atoms with Gasteiger partial charge in [-0.15, -0.1) is 0 Å². The molecule has 116 valence electrons. The zero-order chi connectivity index (χ0) is 15.8. The Balaban J connectivity index is 2.07. The van der Waals surface area contributed by atoms with Crippen molar-refractivity contribution in [1.82, 2.24) is 4.90 Å². The second kappa shape index (κ2) is 5.22. The molecule has 2 rings (SSSR count). The van der Waals surface area contributed by atoms with Crippen LogP contribution in [0, 0.1) is 6.92 Å². The molecule has 5 nitrogen and oxygen atoms in total. The summed E-state index contributed by atoms with van der Waals surface area (Å²) in [4.78, 5) is 13.4. The van der Waals surface area contributed by atoms with Gasteiger partial charge in [0.2, 0.25) is 0 Å². The van der Waals surface area contributed by atoms with Crippen LogP contribution in [0.1, 0.15) is 31.9 Å². The molecule has 1 heterocycles. The van der Waals surface area contributed by atoms with E-state index in [9.17, 15) is 9.90 Å². The Morgan fingerprint density at radius 3 is 2.43 bits per heavy atom. The number of likely N-dealkylation sites (tertiary alicyclic amines) is 1. The summed E-state index contributed by atoms with van der Waals surface area (Å²) in [5, 5.41) is 10.6. The van der Waals surface area contributed by atoms with Crippen molar-refractivity contribution in [3.05, 3.63) is 29.3 Å². The first-order valence-electron chi connectivity index (χ1n) is 6.99. The van der Waals surface area contributed by atoms with E-state index in [4.69, 9.17) is 9.47 Å². The van der Waals surface area contributed by atoms with Crippen LogP contribution >= 0.6 is 0 Å². The number of benzene rings is 1. The molecule has 1 aliphatic rings. The highest BCUT2D eigenvalue weighted by molar-refractivity contribution is 5.70.